The number of carbonyl (C=O) groups excluding carboxylic acids is 3. The number of carbonyl (C=O) groups is 3. The number of nitrogens with zero attached hydrogens (tertiary/aromatic N) is 3. The second kappa shape index (κ2) is 11.9. The first-order chi connectivity index (χ1) is 17.9. The molecule has 2 aliphatic rings. The van der Waals surface area contributed by atoms with Gasteiger partial charge in [-0.3, -0.25) is 9.59 Å². The predicted octanol–water partition coefficient (Wildman–Crippen LogP) is 2.38. The van der Waals surface area contributed by atoms with Crippen LogP contribution in [0.2, 0.25) is 5.02 Å². The molecule has 9 nitrogen and oxygen atoms in total. The number of hydrogen-bond donors (Lipinski definition) is 2. The van der Waals surface area contributed by atoms with Crippen LogP contribution in [-0.4, -0.2) is 85.7 Å². The summed E-state index contributed by atoms with van der Waals surface area (Å²) in [5.74, 6) is -1.07. The van der Waals surface area contributed by atoms with E-state index in [-0.39, 0.29) is 36.9 Å². The van der Waals surface area contributed by atoms with Crippen molar-refractivity contribution >= 4 is 46.8 Å². The van der Waals surface area contributed by atoms with Crippen LogP contribution in [0.15, 0.2) is 65.9 Å². The molecule has 2 heterocycles. The van der Waals surface area contributed by atoms with E-state index < -0.39 is 11.9 Å². The van der Waals surface area contributed by atoms with Crippen molar-refractivity contribution in [2.24, 2.45) is 0 Å². The number of ether oxygens (including phenoxy) is 1. The molecule has 0 atom stereocenters. The molecule has 2 N–H and O–H groups in total. The van der Waals surface area contributed by atoms with Crippen molar-refractivity contribution in [3.8, 4) is 0 Å². The SMILES string of the molecule is COC(=O)C1=C(Nc2cc(Cl)ccc2N2CCN(C(=O)C=Cc3ccccc3)CC2)C(=O)N(CCO)C1. The number of anilines is 2. The Kier molecular flexibility index (Phi) is 8.47. The van der Waals surface area contributed by atoms with Crippen LogP contribution in [0.3, 0.4) is 0 Å². The normalized spacial score (nSPS) is 16.1. The second-order valence-electron chi connectivity index (χ2n) is 8.64. The molecule has 2 aromatic carbocycles. The van der Waals surface area contributed by atoms with Gasteiger partial charge in [-0.1, -0.05) is 41.9 Å². The molecule has 0 saturated carbocycles. The molecule has 2 aliphatic heterocycles. The van der Waals surface area contributed by atoms with E-state index in [1.165, 1.54) is 12.0 Å². The number of amides is 2. The fraction of sp³-hybridized carbons (Fsp3) is 0.296. The lowest BCUT2D eigenvalue weighted by atomic mass is 10.1. The number of aliphatic hydroxyl groups excluding tert-OH is 1. The van der Waals surface area contributed by atoms with Gasteiger partial charge in [0, 0.05) is 43.8 Å². The highest BCUT2D eigenvalue weighted by Gasteiger charge is 2.35. The van der Waals surface area contributed by atoms with E-state index >= 15 is 0 Å². The van der Waals surface area contributed by atoms with E-state index in [0.29, 0.717) is 36.9 Å². The number of nitrogens with one attached hydrogen (secondary N) is 1. The Morgan fingerprint density at radius 2 is 1.84 bits per heavy atom. The average molecular weight is 525 g/mol. The van der Waals surface area contributed by atoms with Gasteiger partial charge in [0.1, 0.15) is 5.70 Å². The standard InChI is InChI=1S/C27H29ClN4O5/c1-37-27(36)21-18-32(15-16-33)26(35)25(21)29-22-17-20(28)8-9-23(22)30-11-13-31(14-12-30)24(34)10-7-19-5-3-2-4-6-19/h2-10,17,29,33H,11-16,18H2,1H3. The van der Waals surface area contributed by atoms with Crippen molar-refractivity contribution in [2.45, 2.75) is 0 Å². The zero-order valence-corrected chi connectivity index (χ0v) is 21.3. The molecule has 1 fully saturated rings. The topological polar surface area (TPSA) is 102 Å². The number of halogens is 1. The average Bonchev–Trinajstić information content (AvgIpc) is 3.22. The van der Waals surface area contributed by atoms with Gasteiger partial charge in [0.2, 0.25) is 5.91 Å². The minimum Gasteiger partial charge on any atom is -0.466 e. The van der Waals surface area contributed by atoms with Crippen molar-refractivity contribution in [3.63, 3.8) is 0 Å². The number of piperazine rings is 1. The van der Waals surface area contributed by atoms with Gasteiger partial charge in [0.15, 0.2) is 0 Å². The molecule has 0 bridgehead atoms. The maximum absolute atomic E-state index is 13.0. The van der Waals surface area contributed by atoms with Crippen LogP contribution in [0.25, 0.3) is 6.08 Å². The molecule has 0 unspecified atom stereocenters. The van der Waals surface area contributed by atoms with Gasteiger partial charge in [-0.15, -0.1) is 0 Å². The Morgan fingerprint density at radius 3 is 2.51 bits per heavy atom. The summed E-state index contributed by atoms with van der Waals surface area (Å²) in [5, 5.41) is 12.9. The van der Waals surface area contributed by atoms with Crippen LogP contribution in [0.5, 0.6) is 0 Å². The Labute approximate surface area is 220 Å². The minimum atomic E-state index is -0.615. The van der Waals surface area contributed by atoms with Gasteiger partial charge in [0.05, 0.1) is 37.2 Å². The van der Waals surface area contributed by atoms with Crippen LogP contribution in [0, 0.1) is 0 Å². The lowest BCUT2D eigenvalue weighted by Gasteiger charge is -2.36. The first-order valence-corrected chi connectivity index (χ1v) is 12.3. The number of rotatable bonds is 8. The number of benzene rings is 2. The quantitative estimate of drug-likeness (QED) is 0.404. The predicted molar refractivity (Wildman–Crippen MR) is 142 cm³/mol. The van der Waals surface area contributed by atoms with Crippen LogP contribution in [-0.2, 0) is 19.1 Å². The van der Waals surface area contributed by atoms with Crippen molar-refractivity contribution in [1.29, 1.82) is 0 Å². The zero-order valence-electron chi connectivity index (χ0n) is 20.5. The van der Waals surface area contributed by atoms with E-state index in [1.54, 1.807) is 29.2 Å². The van der Waals surface area contributed by atoms with Gasteiger partial charge < -0.3 is 29.9 Å². The van der Waals surface area contributed by atoms with Gasteiger partial charge in [-0.05, 0) is 29.8 Å². The number of aliphatic hydroxyl groups is 1. The monoisotopic (exact) mass is 524 g/mol. The molecule has 0 spiro atoms. The lowest BCUT2D eigenvalue weighted by molar-refractivity contribution is -0.136. The molecule has 0 radical (unpaired) electrons. The van der Waals surface area contributed by atoms with Crippen LogP contribution in [0.1, 0.15) is 5.56 Å². The highest BCUT2D eigenvalue weighted by Crippen LogP contribution is 2.33. The summed E-state index contributed by atoms with van der Waals surface area (Å²) in [7, 11) is 1.26. The van der Waals surface area contributed by atoms with E-state index in [9.17, 15) is 19.5 Å². The highest BCUT2D eigenvalue weighted by atomic mass is 35.5. The summed E-state index contributed by atoms with van der Waals surface area (Å²) in [6, 6.07) is 15.0. The van der Waals surface area contributed by atoms with E-state index in [0.717, 1.165) is 11.3 Å². The number of β-amino-alcohol motifs (C(OH)–C–C–N with tert-alkyl or cyclic N) is 1. The lowest BCUT2D eigenvalue weighted by Crippen LogP contribution is -2.48. The summed E-state index contributed by atoms with van der Waals surface area (Å²) < 4.78 is 4.87. The smallest absolute Gasteiger partial charge is 0.337 e. The zero-order chi connectivity index (χ0) is 26.4. The van der Waals surface area contributed by atoms with Gasteiger partial charge >= 0.3 is 5.97 Å². The summed E-state index contributed by atoms with van der Waals surface area (Å²) in [5.41, 5.74) is 2.61. The molecule has 2 aromatic rings. The third-order valence-corrected chi connectivity index (χ3v) is 6.56. The molecule has 4 rings (SSSR count). The summed E-state index contributed by atoms with van der Waals surface area (Å²) in [6.07, 6.45) is 3.39. The molecule has 10 heteroatoms. The maximum Gasteiger partial charge on any atom is 0.337 e. The maximum atomic E-state index is 13.0. The molecule has 1 saturated heterocycles. The first-order valence-electron chi connectivity index (χ1n) is 12.0. The Hall–Kier alpha value is -3.82. The summed E-state index contributed by atoms with van der Waals surface area (Å²) in [6.45, 7) is 2.13. The molecule has 194 valence electrons. The third kappa shape index (κ3) is 6.12. The molecule has 2 amide bonds. The number of esters is 1. The Balaban J connectivity index is 1.49. The van der Waals surface area contributed by atoms with Gasteiger partial charge in [-0.2, -0.15) is 0 Å². The van der Waals surface area contributed by atoms with Crippen molar-refractivity contribution < 1.29 is 24.2 Å². The van der Waals surface area contributed by atoms with Gasteiger partial charge in [0.25, 0.3) is 5.91 Å². The fourth-order valence-corrected chi connectivity index (χ4v) is 4.54. The van der Waals surface area contributed by atoms with Crippen molar-refractivity contribution in [3.05, 3.63) is 76.5 Å². The van der Waals surface area contributed by atoms with Crippen molar-refractivity contribution in [1.82, 2.24) is 9.80 Å². The van der Waals surface area contributed by atoms with E-state index in [1.807, 2.05) is 36.4 Å². The van der Waals surface area contributed by atoms with Crippen molar-refractivity contribution in [2.75, 3.05) is 63.2 Å². The molecule has 0 aliphatic carbocycles. The fourth-order valence-electron chi connectivity index (χ4n) is 4.37. The summed E-state index contributed by atoms with van der Waals surface area (Å²) >= 11 is 6.28. The molecule has 37 heavy (non-hydrogen) atoms. The minimum absolute atomic E-state index is 0.0432. The molecular formula is C27H29ClN4O5. The van der Waals surface area contributed by atoms with E-state index in [2.05, 4.69) is 10.2 Å². The number of hydrogen-bond acceptors (Lipinski definition) is 7. The number of methoxy groups -OCH3 is 1. The summed E-state index contributed by atoms with van der Waals surface area (Å²) in [4.78, 5) is 43.3. The first kappa shape index (κ1) is 26.2. The highest BCUT2D eigenvalue weighted by molar-refractivity contribution is 6.31. The van der Waals surface area contributed by atoms with Gasteiger partial charge in [-0.25, -0.2) is 4.79 Å². The Bertz CT molecular complexity index is 1220. The third-order valence-electron chi connectivity index (χ3n) is 6.32. The van der Waals surface area contributed by atoms with Crippen LogP contribution >= 0.6 is 11.6 Å². The second-order valence-corrected chi connectivity index (χ2v) is 9.07. The van der Waals surface area contributed by atoms with Crippen LogP contribution < -0.4 is 10.2 Å². The van der Waals surface area contributed by atoms with Crippen LogP contribution in [0.4, 0.5) is 11.4 Å². The Morgan fingerprint density at radius 1 is 1.11 bits per heavy atom. The molecular weight excluding hydrogens is 496 g/mol. The molecule has 0 aromatic heterocycles. The largest absolute Gasteiger partial charge is 0.466 e. The van der Waals surface area contributed by atoms with E-state index in [4.69, 9.17) is 16.3 Å².